The van der Waals surface area contributed by atoms with Crippen molar-refractivity contribution in [3.63, 3.8) is 0 Å². The van der Waals surface area contributed by atoms with Crippen LogP contribution in [-0.4, -0.2) is 18.5 Å². The van der Waals surface area contributed by atoms with E-state index in [0.29, 0.717) is 6.54 Å². The summed E-state index contributed by atoms with van der Waals surface area (Å²) in [6, 6.07) is 19.4. The van der Waals surface area contributed by atoms with E-state index in [2.05, 4.69) is 73.5 Å². The molecule has 2 aromatic rings. The van der Waals surface area contributed by atoms with Crippen LogP contribution in [0.4, 0.5) is 0 Å². The summed E-state index contributed by atoms with van der Waals surface area (Å²) in [7, 11) is 2.15. The molecule has 0 bridgehead atoms. The second-order valence-corrected chi connectivity index (χ2v) is 5.20. The van der Waals surface area contributed by atoms with Crippen molar-refractivity contribution >= 4 is 0 Å². The monoisotopic (exact) mass is 268 g/mol. The van der Waals surface area contributed by atoms with Crippen molar-refractivity contribution < 1.29 is 0 Å². The van der Waals surface area contributed by atoms with E-state index >= 15 is 0 Å². The molecule has 0 heterocycles. The summed E-state index contributed by atoms with van der Waals surface area (Å²) in [4.78, 5) is 2.34. The number of hydrogen-bond donors (Lipinski definition) is 1. The van der Waals surface area contributed by atoms with Gasteiger partial charge in [0.15, 0.2) is 0 Å². The highest BCUT2D eigenvalue weighted by Crippen LogP contribution is 2.24. The van der Waals surface area contributed by atoms with Crippen molar-refractivity contribution in [3.8, 4) is 0 Å². The molecule has 0 aliphatic heterocycles. The molecule has 0 saturated carbocycles. The minimum atomic E-state index is 0.270. The number of aryl methyl sites for hydroxylation is 1. The van der Waals surface area contributed by atoms with Crippen LogP contribution in [0.3, 0.4) is 0 Å². The fourth-order valence-corrected chi connectivity index (χ4v) is 2.71. The van der Waals surface area contributed by atoms with Crippen molar-refractivity contribution in [2.24, 2.45) is 5.73 Å². The molecule has 106 valence electrons. The lowest BCUT2D eigenvalue weighted by Gasteiger charge is -2.29. The molecule has 2 rings (SSSR count). The SMILES string of the molecule is CCc1ccccc1C(CN)N(C)Cc1ccccc1. The molecule has 2 N–H and O–H groups in total. The average molecular weight is 268 g/mol. The highest BCUT2D eigenvalue weighted by Gasteiger charge is 2.17. The Labute approximate surface area is 122 Å². The zero-order valence-corrected chi connectivity index (χ0v) is 12.4. The first-order valence-corrected chi connectivity index (χ1v) is 7.28. The first kappa shape index (κ1) is 14.8. The van der Waals surface area contributed by atoms with E-state index < -0.39 is 0 Å². The maximum atomic E-state index is 6.04. The molecule has 0 radical (unpaired) electrons. The Hall–Kier alpha value is -1.64. The maximum Gasteiger partial charge on any atom is 0.0473 e. The van der Waals surface area contributed by atoms with Gasteiger partial charge in [-0.15, -0.1) is 0 Å². The Morgan fingerprint density at radius 2 is 1.65 bits per heavy atom. The normalized spacial score (nSPS) is 12.6. The van der Waals surface area contributed by atoms with E-state index in [0.717, 1.165) is 13.0 Å². The summed E-state index contributed by atoms with van der Waals surface area (Å²) >= 11 is 0. The summed E-state index contributed by atoms with van der Waals surface area (Å²) in [6.07, 6.45) is 1.05. The molecular formula is C18H24N2. The van der Waals surface area contributed by atoms with Gasteiger partial charge in [0.25, 0.3) is 0 Å². The molecule has 20 heavy (non-hydrogen) atoms. The second-order valence-electron chi connectivity index (χ2n) is 5.20. The summed E-state index contributed by atoms with van der Waals surface area (Å²) < 4.78 is 0. The Kier molecular flexibility index (Phi) is 5.33. The molecule has 0 fully saturated rings. The summed E-state index contributed by atoms with van der Waals surface area (Å²) in [5, 5.41) is 0. The zero-order chi connectivity index (χ0) is 14.4. The average Bonchev–Trinajstić information content (AvgIpc) is 2.49. The van der Waals surface area contributed by atoms with Gasteiger partial charge in [0, 0.05) is 19.1 Å². The molecular weight excluding hydrogens is 244 g/mol. The van der Waals surface area contributed by atoms with Crippen LogP contribution in [0.25, 0.3) is 0 Å². The van der Waals surface area contributed by atoms with Crippen LogP contribution in [0.2, 0.25) is 0 Å². The fourth-order valence-electron chi connectivity index (χ4n) is 2.71. The van der Waals surface area contributed by atoms with Crippen LogP contribution in [0.15, 0.2) is 54.6 Å². The van der Waals surface area contributed by atoms with Crippen LogP contribution in [-0.2, 0) is 13.0 Å². The summed E-state index contributed by atoms with van der Waals surface area (Å²) in [5.41, 5.74) is 10.1. The molecule has 1 atom stereocenters. The van der Waals surface area contributed by atoms with E-state index in [1.54, 1.807) is 0 Å². The smallest absolute Gasteiger partial charge is 0.0473 e. The topological polar surface area (TPSA) is 29.3 Å². The van der Waals surface area contributed by atoms with E-state index in [9.17, 15) is 0 Å². The van der Waals surface area contributed by atoms with Gasteiger partial charge in [-0.2, -0.15) is 0 Å². The Morgan fingerprint density at radius 3 is 2.30 bits per heavy atom. The van der Waals surface area contributed by atoms with Crippen LogP contribution in [0, 0.1) is 0 Å². The van der Waals surface area contributed by atoms with Crippen molar-refractivity contribution in [1.29, 1.82) is 0 Å². The van der Waals surface area contributed by atoms with Crippen LogP contribution >= 0.6 is 0 Å². The van der Waals surface area contributed by atoms with E-state index in [1.165, 1.54) is 16.7 Å². The number of benzene rings is 2. The van der Waals surface area contributed by atoms with Gasteiger partial charge < -0.3 is 5.73 Å². The van der Waals surface area contributed by atoms with Gasteiger partial charge in [0.1, 0.15) is 0 Å². The first-order chi connectivity index (χ1) is 9.76. The van der Waals surface area contributed by atoms with Gasteiger partial charge in [-0.25, -0.2) is 0 Å². The molecule has 0 aliphatic carbocycles. The number of nitrogens with zero attached hydrogens (tertiary/aromatic N) is 1. The molecule has 0 amide bonds. The van der Waals surface area contributed by atoms with Crippen LogP contribution in [0.1, 0.15) is 29.7 Å². The van der Waals surface area contributed by atoms with E-state index in [-0.39, 0.29) is 6.04 Å². The summed E-state index contributed by atoms with van der Waals surface area (Å²) in [5.74, 6) is 0. The van der Waals surface area contributed by atoms with Crippen molar-refractivity contribution in [2.75, 3.05) is 13.6 Å². The lowest BCUT2D eigenvalue weighted by Crippen LogP contribution is -2.30. The Morgan fingerprint density at radius 1 is 1.00 bits per heavy atom. The molecule has 2 nitrogen and oxygen atoms in total. The number of rotatable bonds is 6. The lowest BCUT2D eigenvalue weighted by molar-refractivity contribution is 0.241. The second kappa shape index (κ2) is 7.22. The van der Waals surface area contributed by atoms with Crippen molar-refractivity contribution in [3.05, 3.63) is 71.3 Å². The quantitative estimate of drug-likeness (QED) is 0.870. The molecule has 2 heteroatoms. The molecule has 2 aromatic carbocycles. The standard InChI is InChI=1S/C18H24N2/c1-3-16-11-7-8-12-17(16)18(13-19)20(2)14-15-9-5-4-6-10-15/h4-12,18H,3,13-14,19H2,1-2H3. The maximum absolute atomic E-state index is 6.04. The molecule has 0 spiro atoms. The Bertz CT molecular complexity index is 522. The minimum Gasteiger partial charge on any atom is -0.329 e. The van der Waals surface area contributed by atoms with Gasteiger partial charge in [0.2, 0.25) is 0 Å². The highest BCUT2D eigenvalue weighted by atomic mass is 15.1. The molecule has 0 aromatic heterocycles. The molecule has 0 aliphatic rings. The van der Waals surface area contributed by atoms with Crippen molar-refractivity contribution in [2.45, 2.75) is 25.9 Å². The van der Waals surface area contributed by atoms with Gasteiger partial charge in [0.05, 0.1) is 0 Å². The third kappa shape index (κ3) is 3.47. The highest BCUT2D eigenvalue weighted by molar-refractivity contribution is 5.30. The molecule has 1 unspecified atom stereocenters. The first-order valence-electron chi connectivity index (χ1n) is 7.28. The molecule has 0 saturated heterocycles. The largest absolute Gasteiger partial charge is 0.329 e. The summed E-state index contributed by atoms with van der Waals surface area (Å²) in [6.45, 7) is 3.75. The van der Waals surface area contributed by atoms with E-state index in [4.69, 9.17) is 5.73 Å². The van der Waals surface area contributed by atoms with Crippen molar-refractivity contribution in [1.82, 2.24) is 4.90 Å². The van der Waals surface area contributed by atoms with Crippen LogP contribution in [0.5, 0.6) is 0 Å². The number of nitrogens with two attached hydrogens (primary N) is 1. The third-order valence-corrected chi connectivity index (χ3v) is 3.83. The number of likely N-dealkylation sites (N-methyl/N-ethyl adjacent to an activating group) is 1. The third-order valence-electron chi connectivity index (χ3n) is 3.83. The fraction of sp³-hybridized carbons (Fsp3) is 0.333. The van der Waals surface area contributed by atoms with E-state index in [1.807, 2.05) is 0 Å². The van der Waals surface area contributed by atoms with Gasteiger partial charge in [-0.05, 0) is 30.2 Å². The zero-order valence-electron chi connectivity index (χ0n) is 12.4. The lowest BCUT2D eigenvalue weighted by atomic mass is 9.97. The predicted molar refractivity (Wildman–Crippen MR) is 85.5 cm³/mol. The minimum absolute atomic E-state index is 0.270. The van der Waals surface area contributed by atoms with Gasteiger partial charge in [-0.1, -0.05) is 61.5 Å². The Balaban J connectivity index is 2.19. The van der Waals surface area contributed by atoms with Gasteiger partial charge >= 0.3 is 0 Å². The van der Waals surface area contributed by atoms with Crippen LogP contribution < -0.4 is 5.73 Å². The van der Waals surface area contributed by atoms with Gasteiger partial charge in [-0.3, -0.25) is 4.90 Å². The predicted octanol–water partition coefficient (Wildman–Crippen LogP) is 3.38. The number of hydrogen-bond acceptors (Lipinski definition) is 2.